The molecular weight excluding hydrogens is 404 g/mol. The van der Waals surface area contributed by atoms with Crippen LogP contribution in [0.2, 0.25) is 0 Å². The van der Waals surface area contributed by atoms with Crippen molar-refractivity contribution in [3.63, 3.8) is 0 Å². The minimum atomic E-state index is 0.634. The lowest BCUT2D eigenvalue weighted by molar-refractivity contribution is 0.620. The Bertz CT molecular complexity index is 1640. The molecule has 1 aromatic heterocycles. The lowest BCUT2D eigenvalue weighted by atomic mass is 9.97. The minimum Gasteiger partial charge on any atom is -0.436 e. The molecule has 0 fully saturated rings. The molecule has 0 amide bonds. The van der Waals surface area contributed by atoms with E-state index in [1.807, 2.05) is 24.4 Å². The third-order valence-corrected chi connectivity index (χ3v) is 6.28. The van der Waals surface area contributed by atoms with Crippen LogP contribution in [0.1, 0.15) is 16.7 Å². The summed E-state index contributed by atoms with van der Waals surface area (Å²) in [6.45, 7) is 4.21. The summed E-state index contributed by atoms with van der Waals surface area (Å²) in [6.07, 6.45) is 1.97. The van der Waals surface area contributed by atoms with Gasteiger partial charge in [-0.1, -0.05) is 54.6 Å². The van der Waals surface area contributed by atoms with E-state index in [-0.39, 0.29) is 0 Å². The number of fused-ring (bicyclic) bond motifs is 3. The van der Waals surface area contributed by atoms with E-state index in [1.165, 1.54) is 32.7 Å². The van der Waals surface area contributed by atoms with E-state index in [2.05, 4.69) is 86.6 Å². The molecule has 158 valence electrons. The number of hydrogen-bond donors (Lipinski definition) is 0. The lowest BCUT2D eigenvalue weighted by Gasteiger charge is -2.07. The van der Waals surface area contributed by atoms with Crippen molar-refractivity contribution < 1.29 is 4.42 Å². The summed E-state index contributed by atoms with van der Waals surface area (Å²) < 4.78 is 6.02. The summed E-state index contributed by atoms with van der Waals surface area (Å²) >= 11 is 0. The highest BCUT2D eigenvalue weighted by Gasteiger charge is 2.10. The fourth-order valence-electron chi connectivity index (χ4n) is 4.32. The van der Waals surface area contributed by atoms with E-state index in [4.69, 9.17) is 14.4 Å². The smallest absolute Gasteiger partial charge is 0.227 e. The topological polar surface area (TPSA) is 38.4 Å². The monoisotopic (exact) mass is 426 g/mol. The first-order valence-electron chi connectivity index (χ1n) is 11.1. The molecule has 0 saturated heterocycles. The van der Waals surface area contributed by atoms with Crippen molar-refractivity contribution in [3.8, 4) is 11.5 Å². The van der Waals surface area contributed by atoms with Crippen molar-refractivity contribution in [2.45, 2.75) is 13.8 Å². The van der Waals surface area contributed by atoms with Crippen LogP contribution in [-0.4, -0.2) is 11.2 Å². The summed E-state index contributed by atoms with van der Waals surface area (Å²) in [5.74, 6) is 0.634. The average molecular weight is 427 g/mol. The fraction of sp³-hybridized carbons (Fsp3) is 0.0667. The van der Waals surface area contributed by atoms with Crippen molar-refractivity contribution in [3.05, 3.63) is 108 Å². The number of aryl methyl sites for hydroxylation is 2. The molecule has 0 aliphatic carbocycles. The van der Waals surface area contributed by atoms with Gasteiger partial charge in [0.2, 0.25) is 5.89 Å². The van der Waals surface area contributed by atoms with Gasteiger partial charge in [-0.3, -0.25) is 4.99 Å². The van der Waals surface area contributed by atoms with Gasteiger partial charge in [0, 0.05) is 17.3 Å². The van der Waals surface area contributed by atoms with Crippen LogP contribution < -0.4 is 0 Å². The van der Waals surface area contributed by atoms with Crippen molar-refractivity contribution >= 4 is 44.5 Å². The molecule has 0 unspecified atom stereocenters. The van der Waals surface area contributed by atoms with Gasteiger partial charge in [-0.2, -0.15) is 0 Å². The first-order chi connectivity index (χ1) is 16.2. The van der Waals surface area contributed by atoms with E-state index < -0.39 is 0 Å². The number of aromatic nitrogens is 1. The van der Waals surface area contributed by atoms with Crippen LogP contribution >= 0.6 is 0 Å². The molecule has 5 aromatic carbocycles. The Kier molecular flexibility index (Phi) is 4.55. The predicted molar refractivity (Wildman–Crippen MR) is 138 cm³/mol. The molecule has 0 saturated carbocycles. The second-order valence-electron chi connectivity index (χ2n) is 8.46. The summed E-state index contributed by atoms with van der Waals surface area (Å²) in [7, 11) is 0. The molecule has 6 aromatic rings. The van der Waals surface area contributed by atoms with Crippen LogP contribution in [0.4, 0.5) is 5.69 Å². The Hall–Kier alpha value is -4.24. The van der Waals surface area contributed by atoms with Crippen LogP contribution in [0.3, 0.4) is 0 Å². The number of nitrogens with zero attached hydrogens (tertiary/aromatic N) is 2. The Morgan fingerprint density at radius 1 is 0.727 bits per heavy atom. The number of aliphatic imine (C=N–C) groups is 1. The molecule has 3 nitrogen and oxygen atoms in total. The Labute approximate surface area is 192 Å². The highest BCUT2D eigenvalue weighted by Crippen LogP contribution is 2.30. The standard InChI is InChI=1S/C30H22N2O/c1-19-11-12-23(15-20(19)2)30-32-28-17-24(13-14-29(28)33-30)31-18-27-25-9-5-3-7-21(25)16-22-8-4-6-10-26(22)27/h3-18H,1-2H3. The molecule has 0 bridgehead atoms. The lowest BCUT2D eigenvalue weighted by Crippen LogP contribution is -1.88. The zero-order valence-corrected chi connectivity index (χ0v) is 18.5. The maximum absolute atomic E-state index is 6.02. The number of benzene rings is 5. The Morgan fingerprint density at radius 2 is 1.45 bits per heavy atom. The van der Waals surface area contributed by atoms with Crippen molar-refractivity contribution in [2.24, 2.45) is 4.99 Å². The molecule has 0 radical (unpaired) electrons. The number of oxazole rings is 1. The maximum atomic E-state index is 6.02. The summed E-state index contributed by atoms with van der Waals surface area (Å²) in [4.78, 5) is 9.56. The SMILES string of the molecule is Cc1ccc(-c2nc3cc(N=Cc4c5ccccc5cc5ccccc45)ccc3o2)cc1C. The normalized spacial score (nSPS) is 11.8. The van der Waals surface area contributed by atoms with Gasteiger partial charge in [0.15, 0.2) is 5.58 Å². The highest BCUT2D eigenvalue weighted by molar-refractivity contribution is 6.13. The maximum Gasteiger partial charge on any atom is 0.227 e. The van der Waals surface area contributed by atoms with Gasteiger partial charge in [-0.05, 0) is 82.9 Å². The van der Waals surface area contributed by atoms with E-state index in [1.54, 1.807) is 0 Å². The van der Waals surface area contributed by atoms with Crippen molar-refractivity contribution in [2.75, 3.05) is 0 Å². The second kappa shape index (κ2) is 7.72. The molecule has 33 heavy (non-hydrogen) atoms. The Morgan fingerprint density at radius 3 is 2.18 bits per heavy atom. The van der Waals surface area contributed by atoms with Gasteiger partial charge in [-0.25, -0.2) is 4.98 Å². The molecule has 0 atom stereocenters. The van der Waals surface area contributed by atoms with Crippen LogP contribution in [0.5, 0.6) is 0 Å². The highest BCUT2D eigenvalue weighted by atomic mass is 16.3. The Balaban J connectivity index is 1.42. The first-order valence-corrected chi connectivity index (χ1v) is 11.1. The zero-order chi connectivity index (χ0) is 22.4. The molecule has 0 aliphatic rings. The number of hydrogen-bond acceptors (Lipinski definition) is 3. The molecule has 0 spiro atoms. The average Bonchev–Trinajstić information content (AvgIpc) is 3.27. The van der Waals surface area contributed by atoms with E-state index >= 15 is 0 Å². The second-order valence-corrected chi connectivity index (χ2v) is 8.46. The first kappa shape index (κ1) is 19.4. The van der Waals surface area contributed by atoms with E-state index in [0.29, 0.717) is 5.89 Å². The number of rotatable bonds is 3. The van der Waals surface area contributed by atoms with Crippen molar-refractivity contribution in [1.29, 1.82) is 0 Å². The minimum absolute atomic E-state index is 0.634. The summed E-state index contributed by atoms with van der Waals surface area (Å²) in [5.41, 5.74) is 7.01. The summed E-state index contributed by atoms with van der Waals surface area (Å²) in [6, 6.07) is 31.3. The van der Waals surface area contributed by atoms with Crippen LogP contribution in [-0.2, 0) is 0 Å². The molecular formula is C30H22N2O. The van der Waals surface area contributed by atoms with Crippen LogP contribution in [0.15, 0.2) is 100 Å². The van der Waals surface area contributed by atoms with Gasteiger partial charge in [0.25, 0.3) is 0 Å². The zero-order valence-electron chi connectivity index (χ0n) is 18.5. The van der Waals surface area contributed by atoms with Crippen LogP contribution in [0, 0.1) is 13.8 Å². The quantitative estimate of drug-likeness (QED) is 0.211. The molecule has 0 aliphatic heterocycles. The fourth-order valence-corrected chi connectivity index (χ4v) is 4.32. The molecule has 1 heterocycles. The van der Waals surface area contributed by atoms with Crippen molar-refractivity contribution in [1.82, 2.24) is 4.98 Å². The van der Waals surface area contributed by atoms with Gasteiger partial charge < -0.3 is 4.42 Å². The summed E-state index contributed by atoms with van der Waals surface area (Å²) in [5, 5.41) is 4.81. The third-order valence-electron chi connectivity index (χ3n) is 6.28. The van der Waals surface area contributed by atoms with E-state index in [0.717, 1.165) is 27.9 Å². The molecule has 0 N–H and O–H groups in total. The largest absolute Gasteiger partial charge is 0.436 e. The molecule has 3 heteroatoms. The van der Waals surface area contributed by atoms with Gasteiger partial charge in [-0.15, -0.1) is 0 Å². The molecule has 6 rings (SSSR count). The van der Waals surface area contributed by atoms with Gasteiger partial charge >= 0.3 is 0 Å². The van der Waals surface area contributed by atoms with Gasteiger partial charge in [0.05, 0.1) is 5.69 Å². The van der Waals surface area contributed by atoms with Gasteiger partial charge in [0.1, 0.15) is 5.52 Å². The van der Waals surface area contributed by atoms with E-state index in [9.17, 15) is 0 Å². The predicted octanol–water partition coefficient (Wildman–Crippen LogP) is 8.17. The third kappa shape index (κ3) is 3.48. The van der Waals surface area contributed by atoms with Crippen LogP contribution in [0.25, 0.3) is 44.1 Å².